The number of hydrogen-bond acceptors (Lipinski definition) is 4. The number of piperidine rings is 1. The van der Waals surface area contributed by atoms with E-state index >= 15 is 0 Å². The molecule has 0 aromatic rings. The van der Waals surface area contributed by atoms with Crippen LogP contribution in [0, 0.1) is 0 Å². The Hall–Kier alpha value is 0.230. The number of rotatable bonds is 3. The molecule has 2 saturated heterocycles. The summed E-state index contributed by atoms with van der Waals surface area (Å²) in [6.07, 6.45) is 4.83. The van der Waals surface area contributed by atoms with Crippen LogP contribution in [-0.4, -0.2) is 49.6 Å². The molecule has 0 aromatic heterocycles. The molecule has 2 rings (SSSR count). The van der Waals surface area contributed by atoms with Crippen LogP contribution in [0.2, 0.25) is 0 Å². The van der Waals surface area contributed by atoms with Crippen LogP contribution >= 0.6 is 12.0 Å². The van der Waals surface area contributed by atoms with Crippen molar-refractivity contribution in [3.63, 3.8) is 0 Å². The van der Waals surface area contributed by atoms with Gasteiger partial charge in [0.2, 0.25) is 0 Å². The predicted molar refractivity (Wildman–Crippen MR) is 53.8 cm³/mol. The van der Waals surface area contributed by atoms with Crippen LogP contribution in [-0.2, 0) is 8.92 Å². The summed E-state index contributed by atoms with van der Waals surface area (Å²) in [5, 5.41) is 0. The number of likely N-dealkylation sites (tertiary alicyclic amines) is 1. The molecule has 76 valence electrons. The van der Waals surface area contributed by atoms with Gasteiger partial charge in [0.25, 0.3) is 0 Å². The molecule has 2 heterocycles. The fourth-order valence-electron chi connectivity index (χ4n) is 1.91. The maximum absolute atomic E-state index is 5.52. The van der Waals surface area contributed by atoms with Crippen LogP contribution in [0.5, 0.6) is 0 Å². The standard InChI is InChI=1S/C9H17NO2S/c1-13-12-9-2-4-10(5-3-9)8-6-11-7-8/h8-9H,2-7H2,1H3. The SMILES string of the molecule is CSOC1CCN(C2COC2)CC1. The maximum atomic E-state index is 5.52. The van der Waals surface area contributed by atoms with Gasteiger partial charge in [-0.1, -0.05) is 0 Å². The summed E-state index contributed by atoms with van der Waals surface area (Å²) in [4.78, 5) is 2.53. The molecule has 0 bridgehead atoms. The lowest BCUT2D eigenvalue weighted by Gasteiger charge is -2.41. The van der Waals surface area contributed by atoms with Crippen molar-refractivity contribution >= 4 is 12.0 Å². The Balaban J connectivity index is 1.69. The topological polar surface area (TPSA) is 21.7 Å². The summed E-state index contributed by atoms with van der Waals surface area (Å²) in [6.45, 7) is 4.24. The molecular formula is C9H17NO2S. The minimum Gasteiger partial charge on any atom is -0.378 e. The van der Waals surface area contributed by atoms with Crippen LogP contribution in [0.4, 0.5) is 0 Å². The molecule has 0 amide bonds. The molecule has 2 aliphatic heterocycles. The van der Waals surface area contributed by atoms with Crippen LogP contribution in [0.15, 0.2) is 0 Å². The fraction of sp³-hybridized carbons (Fsp3) is 1.00. The molecule has 0 aliphatic carbocycles. The molecule has 3 nitrogen and oxygen atoms in total. The summed E-state index contributed by atoms with van der Waals surface area (Å²) in [7, 11) is 0. The first kappa shape index (κ1) is 9.77. The van der Waals surface area contributed by atoms with Crippen molar-refractivity contribution in [3.05, 3.63) is 0 Å². The van der Waals surface area contributed by atoms with E-state index in [4.69, 9.17) is 8.92 Å². The molecule has 2 aliphatic rings. The van der Waals surface area contributed by atoms with Gasteiger partial charge in [-0.05, 0) is 24.9 Å². The molecule has 0 spiro atoms. The Labute approximate surface area is 84.0 Å². The Morgan fingerprint density at radius 2 is 2.00 bits per heavy atom. The third-order valence-corrected chi connectivity index (χ3v) is 3.31. The largest absolute Gasteiger partial charge is 0.378 e. The van der Waals surface area contributed by atoms with Crippen molar-refractivity contribution in [1.82, 2.24) is 4.90 Å². The third-order valence-electron chi connectivity index (χ3n) is 2.85. The van der Waals surface area contributed by atoms with E-state index in [0.29, 0.717) is 12.1 Å². The summed E-state index contributed by atoms with van der Waals surface area (Å²) >= 11 is 1.49. The zero-order valence-electron chi connectivity index (χ0n) is 8.07. The van der Waals surface area contributed by atoms with Gasteiger partial charge in [0.05, 0.1) is 25.4 Å². The second-order valence-corrected chi connectivity index (χ2v) is 4.22. The summed E-state index contributed by atoms with van der Waals surface area (Å²) in [6, 6.07) is 0.704. The zero-order valence-corrected chi connectivity index (χ0v) is 8.89. The van der Waals surface area contributed by atoms with E-state index in [1.165, 1.54) is 38.0 Å². The Bertz CT molecular complexity index is 156. The van der Waals surface area contributed by atoms with E-state index in [0.717, 1.165) is 13.2 Å². The van der Waals surface area contributed by atoms with Gasteiger partial charge in [-0.2, -0.15) is 0 Å². The third kappa shape index (κ3) is 2.37. The maximum Gasteiger partial charge on any atom is 0.0746 e. The first-order valence-electron chi connectivity index (χ1n) is 4.91. The molecule has 13 heavy (non-hydrogen) atoms. The molecule has 2 fully saturated rings. The number of nitrogens with zero attached hydrogens (tertiary/aromatic N) is 1. The smallest absolute Gasteiger partial charge is 0.0746 e. The predicted octanol–water partition coefficient (Wildman–Crippen LogP) is 1.14. The summed E-state index contributed by atoms with van der Waals surface area (Å²) < 4.78 is 10.7. The Kier molecular flexibility index (Phi) is 3.49. The van der Waals surface area contributed by atoms with Gasteiger partial charge in [0.1, 0.15) is 0 Å². The van der Waals surface area contributed by atoms with E-state index in [1.54, 1.807) is 0 Å². The van der Waals surface area contributed by atoms with Crippen molar-refractivity contribution in [2.24, 2.45) is 0 Å². The van der Waals surface area contributed by atoms with Crippen molar-refractivity contribution in [2.45, 2.75) is 25.0 Å². The van der Waals surface area contributed by atoms with Gasteiger partial charge >= 0.3 is 0 Å². The van der Waals surface area contributed by atoms with E-state index in [-0.39, 0.29) is 0 Å². The van der Waals surface area contributed by atoms with Crippen molar-refractivity contribution in [1.29, 1.82) is 0 Å². The van der Waals surface area contributed by atoms with E-state index in [2.05, 4.69) is 4.90 Å². The lowest BCUT2D eigenvalue weighted by Crippen LogP contribution is -2.52. The summed E-state index contributed by atoms with van der Waals surface area (Å²) in [5.74, 6) is 0. The van der Waals surface area contributed by atoms with E-state index in [1.807, 2.05) is 6.26 Å². The highest BCUT2D eigenvalue weighted by molar-refractivity contribution is 7.93. The minimum atomic E-state index is 0.479. The molecule has 0 saturated carbocycles. The van der Waals surface area contributed by atoms with Crippen LogP contribution in [0.3, 0.4) is 0 Å². The number of ether oxygens (including phenoxy) is 1. The normalized spacial score (nSPS) is 27.5. The second kappa shape index (κ2) is 4.64. The lowest BCUT2D eigenvalue weighted by atomic mass is 10.1. The van der Waals surface area contributed by atoms with E-state index < -0.39 is 0 Å². The van der Waals surface area contributed by atoms with Crippen molar-refractivity contribution in [3.8, 4) is 0 Å². The van der Waals surface area contributed by atoms with Gasteiger partial charge < -0.3 is 8.92 Å². The quantitative estimate of drug-likeness (QED) is 0.641. The Morgan fingerprint density at radius 1 is 1.31 bits per heavy atom. The lowest BCUT2D eigenvalue weighted by molar-refractivity contribution is -0.0769. The monoisotopic (exact) mass is 203 g/mol. The van der Waals surface area contributed by atoms with Gasteiger partial charge in [0.15, 0.2) is 0 Å². The van der Waals surface area contributed by atoms with E-state index in [9.17, 15) is 0 Å². The van der Waals surface area contributed by atoms with Gasteiger partial charge in [0, 0.05) is 19.3 Å². The first-order valence-corrected chi connectivity index (χ1v) is 6.06. The molecule has 0 aromatic carbocycles. The highest BCUT2D eigenvalue weighted by Crippen LogP contribution is 2.21. The molecule has 0 N–H and O–H groups in total. The van der Waals surface area contributed by atoms with Gasteiger partial charge in [-0.15, -0.1) is 0 Å². The second-order valence-electron chi connectivity index (χ2n) is 3.69. The van der Waals surface area contributed by atoms with Crippen molar-refractivity contribution < 1.29 is 8.92 Å². The molecular weight excluding hydrogens is 186 g/mol. The van der Waals surface area contributed by atoms with Gasteiger partial charge in [-0.25, -0.2) is 0 Å². The first-order chi connectivity index (χ1) is 6.40. The van der Waals surface area contributed by atoms with Gasteiger partial charge in [-0.3, -0.25) is 4.90 Å². The summed E-state index contributed by atoms with van der Waals surface area (Å²) in [5.41, 5.74) is 0. The van der Waals surface area contributed by atoms with Crippen LogP contribution in [0.25, 0.3) is 0 Å². The Morgan fingerprint density at radius 3 is 2.46 bits per heavy atom. The minimum absolute atomic E-state index is 0.479. The molecule has 4 heteroatoms. The average molecular weight is 203 g/mol. The molecule has 0 unspecified atom stereocenters. The van der Waals surface area contributed by atoms with Crippen LogP contribution < -0.4 is 0 Å². The molecule has 0 radical (unpaired) electrons. The van der Waals surface area contributed by atoms with Crippen LogP contribution in [0.1, 0.15) is 12.8 Å². The fourth-order valence-corrected chi connectivity index (χ4v) is 2.37. The van der Waals surface area contributed by atoms with Crippen molar-refractivity contribution in [2.75, 3.05) is 32.6 Å². The zero-order chi connectivity index (χ0) is 9.10. The highest BCUT2D eigenvalue weighted by atomic mass is 32.2. The molecule has 0 atom stereocenters. The average Bonchev–Trinajstić information content (AvgIpc) is 2.06. The number of hydrogen-bond donors (Lipinski definition) is 0. The highest BCUT2D eigenvalue weighted by Gasteiger charge is 2.29.